The summed E-state index contributed by atoms with van der Waals surface area (Å²) in [5, 5.41) is 3.05. The Labute approximate surface area is 337 Å². The molecule has 2 N–H and O–H groups in total. The Hall–Kier alpha value is -3.57. The number of benzene rings is 2. The van der Waals surface area contributed by atoms with E-state index < -0.39 is 24.3 Å². The molecule has 0 saturated carbocycles. The SMILES string of the molecule is C#CCCCC[N+]1=C(C=CC=C2N(CCCCCC(=O)NCCC[Si](OCC)(OCC)OCC)c3ccc(S(=O)(=O)O)cc3C2(C)C)C(C)(C)c2ccccc21. The molecular weight excluding hydrogens is 743 g/mol. The molecule has 0 radical (unpaired) electrons. The average Bonchev–Trinajstić information content (AvgIpc) is 3.49. The van der Waals surface area contributed by atoms with Gasteiger partial charge in [-0.2, -0.15) is 13.0 Å². The number of hydrogen-bond donors (Lipinski definition) is 2. The number of nitrogens with zero attached hydrogens (tertiary/aromatic N) is 2. The first-order valence-electron chi connectivity index (χ1n) is 20.3. The summed E-state index contributed by atoms with van der Waals surface area (Å²) in [7, 11) is -7.11. The zero-order valence-corrected chi connectivity index (χ0v) is 36.5. The minimum Gasteiger partial charge on any atom is -0.374 e. The van der Waals surface area contributed by atoms with E-state index in [1.54, 1.807) is 12.1 Å². The molecule has 0 unspecified atom stereocenters. The molecule has 2 aromatic rings. The van der Waals surface area contributed by atoms with Gasteiger partial charge in [-0.3, -0.25) is 9.35 Å². The van der Waals surface area contributed by atoms with Crippen molar-refractivity contribution in [3.8, 4) is 12.3 Å². The highest BCUT2D eigenvalue weighted by Crippen LogP contribution is 2.49. The van der Waals surface area contributed by atoms with Gasteiger partial charge in [-0.05, 0) is 90.1 Å². The molecule has 0 bridgehead atoms. The number of unbranched alkanes of at least 4 members (excludes halogenated alkanes) is 4. The summed E-state index contributed by atoms with van der Waals surface area (Å²) in [6.07, 6.45) is 18.3. The Kier molecular flexibility index (Phi) is 16.3. The van der Waals surface area contributed by atoms with Gasteiger partial charge in [-0.15, -0.1) is 12.3 Å². The summed E-state index contributed by atoms with van der Waals surface area (Å²) < 4.78 is 54.5. The van der Waals surface area contributed by atoms with Crippen molar-refractivity contribution in [2.24, 2.45) is 0 Å². The summed E-state index contributed by atoms with van der Waals surface area (Å²) >= 11 is 0. The fourth-order valence-corrected chi connectivity index (χ4v) is 11.1. The van der Waals surface area contributed by atoms with E-state index in [4.69, 9.17) is 19.7 Å². The largest absolute Gasteiger partial charge is 0.500 e. The highest BCUT2D eigenvalue weighted by molar-refractivity contribution is 7.85. The molecular formula is C44H64N3O7SSi+. The van der Waals surface area contributed by atoms with Crippen molar-refractivity contribution in [3.05, 3.63) is 77.5 Å². The van der Waals surface area contributed by atoms with Gasteiger partial charge in [0.2, 0.25) is 11.6 Å². The van der Waals surface area contributed by atoms with Gasteiger partial charge in [0.25, 0.3) is 10.1 Å². The van der Waals surface area contributed by atoms with E-state index in [0.717, 1.165) is 68.4 Å². The van der Waals surface area contributed by atoms with Gasteiger partial charge in [0.05, 0.1) is 10.3 Å². The number of carbonyl (C=O) groups is 1. The number of nitrogens with one attached hydrogen (secondary N) is 1. The molecule has 306 valence electrons. The molecule has 2 aliphatic rings. The minimum atomic E-state index is -4.38. The maximum absolute atomic E-state index is 12.7. The van der Waals surface area contributed by atoms with Gasteiger partial charge < -0.3 is 23.5 Å². The van der Waals surface area contributed by atoms with Crippen LogP contribution in [0.1, 0.15) is 111 Å². The maximum atomic E-state index is 12.7. The van der Waals surface area contributed by atoms with E-state index in [1.807, 2.05) is 20.8 Å². The Morgan fingerprint density at radius 2 is 1.62 bits per heavy atom. The first-order valence-corrected chi connectivity index (χ1v) is 23.7. The summed E-state index contributed by atoms with van der Waals surface area (Å²) in [5.74, 6) is 2.78. The number of anilines is 1. The lowest BCUT2D eigenvalue weighted by Gasteiger charge is -2.28. The van der Waals surface area contributed by atoms with Crippen LogP contribution in [0.15, 0.2) is 71.3 Å². The molecule has 0 fully saturated rings. The third-order valence-corrected chi connectivity index (χ3v) is 14.8. The molecule has 56 heavy (non-hydrogen) atoms. The van der Waals surface area contributed by atoms with E-state index >= 15 is 0 Å². The zero-order chi connectivity index (χ0) is 41.0. The maximum Gasteiger partial charge on any atom is 0.500 e. The van der Waals surface area contributed by atoms with Crippen LogP contribution in [0, 0.1) is 12.3 Å². The lowest BCUT2D eigenvalue weighted by molar-refractivity contribution is -0.438. The number of carbonyl (C=O) groups excluding carboxylic acids is 1. The molecule has 10 nitrogen and oxygen atoms in total. The third kappa shape index (κ3) is 10.9. The van der Waals surface area contributed by atoms with Gasteiger partial charge in [0.15, 0.2) is 5.71 Å². The standard InChI is InChI=1S/C44H63N3O7SSi/c1-9-13-14-19-31-46-38-24-18-17-23-36(38)43(5,6)40(46)25-21-26-41-44(7,8)37-34-35(55(49,50)51)28-29-39(37)47(41)32-20-15-16-27-42(48)45-30-22-33-56(52-10-2,53-11-3)54-12-4/h1,17-18,21,23-26,28-29,34H,10-16,19-20,22,27,30-33H2,2-8H3,(H-,45,48,49,50,51)/p+1. The average molecular weight is 807 g/mol. The van der Waals surface area contributed by atoms with Crippen LogP contribution in [0.25, 0.3) is 0 Å². The van der Waals surface area contributed by atoms with Crippen molar-refractivity contribution in [3.63, 3.8) is 0 Å². The van der Waals surface area contributed by atoms with Crippen molar-refractivity contribution >= 4 is 41.9 Å². The molecule has 1 amide bonds. The second-order valence-electron chi connectivity index (χ2n) is 15.4. The molecule has 2 aliphatic heterocycles. The second kappa shape index (κ2) is 20.2. The van der Waals surface area contributed by atoms with Gasteiger partial charge in [0.1, 0.15) is 6.54 Å². The van der Waals surface area contributed by atoms with Crippen LogP contribution in [-0.2, 0) is 39.0 Å². The summed E-state index contributed by atoms with van der Waals surface area (Å²) in [6, 6.07) is 14.1. The Balaban J connectivity index is 1.47. The second-order valence-corrected chi connectivity index (χ2v) is 19.6. The quantitative estimate of drug-likeness (QED) is 0.0378. The summed E-state index contributed by atoms with van der Waals surface area (Å²) in [6.45, 7) is 18.2. The van der Waals surface area contributed by atoms with Crippen LogP contribution in [0.5, 0.6) is 0 Å². The first-order chi connectivity index (χ1) is 26.7. The first kappa shape index (κ1) is 45.1. The number of amides is 1. The van der Waals surface area contributed by atoms with Crippen LogP contribution in [0.4, 0.5) is 11.4 Å². The monoisotopic (exact) mass is 806 g/mol. The summed E-state index contributed by atoms with van der Waals surface area (Å²) in [5.41, 5.74) is 5.78. The van der Waals surface area contributed by atoms with Crippen molar-refractivity contribution < 1.29 is 35.6 Å². The lowest BCUT2D eigenvalue weighted by atomic mass is 9.81. The smallest absolute Gasteiger partial charge is 0.374 e. The van der Waals surface area contributed by atoms with Crippen molar-refractivity contribution in [1.82, 2.24) is 5.32 Å². The van der Waals surface area contributed by atoms with E-state index in [2.05, 4.69) is 90.9 Å². The van der Waals surface area contributed by atoms with Crippen LogP contribution >= 0.6 is 0 Å². The predicted molar refractivity (Wildman–Crippen MR) is 227 cm³/mol. The third-order valence-electron chi connectivity index (χ3n) is 10.8. The predicted octanol–water partition coefficient (Wildman–Crippen LogP) is 8.47. The molecule has 0 spiro atoms. The summed E-state index contributed by atoms with van der Waals surface area (Å²) in [4.78, 5) is 14.9. The van der Waals surface area contributed by atoms with Crippen LogP contribution in [0.3, 0.4) is 0 Å². The van der Waals surface area contributed by atoms with Gasteiger partial charge in [-0.1, -0.05) is 44.5 Å². The fourth-order valence-electron chi connectivity index (χ4n) is 8.02. The van der Waals surface area contributed by atoms with Crippen molar-refractivity contribution in [1.29, 1.82) is 0 Å². The fraction of sp³-hybridized carbons (Fsp3) is 0.545. The number of hydrogen-bond acceptors (Lipinski definition) is 7. The van der Waals surface area contributed by atoms with E-state index in [-0.39, 0.29) is 16.2 Å². The minimum absolute atomic E-state index is 0.0252. The van der Waals surface area contributed by atoms with Crippen LogP contribution in [0.2, 0.25) is 6.04 Å². The van der Waals surface area contributed by atoms with Crippen molar-refractivity contribution in [2.45, 2.75) is 122 Å². The Bertz CT molecular complexity index is 1900. The number of para-hydroxylation sites is 1. The normalized spacial score (nSPS) is 16.8. The van der Waals surface area contributed by atoms with Gasteiger partial charge in [0, 0.05) is 92.7 Å². The lowest BCUT2D eigenvalue weighted by Crippen LogP contribution is -2.46. The zero-order valence-electron chi connectivity index (χ0n) is 34.7. The molecule has 0 saturated heterocycles. The molecule has 2 heterocycles. The highest BCUT2D eigenvalue weighted by Gasteiger charge is 2.44. The van der Waals surface area contributed by atoms with E-state index in [9.17, 15) is 17.8 Å². The van der Waals surface area contributed by atoms with Crippen molar-refractivity contribution in [2.75, 3.05) is 44.4 Å². The van der Waals surface area contributed by atoms with Gasteiger partial charge in [-0.25, -0.2) is 0 Å². The Morgan fingerprint density at radius 3 is 2.29 bits per heavy atom. The Morgan fingerprint density at radius 1 is 0.929 bits per heavy atom. The number of rotatable bonds is 23. The van der Waals surface area contributed by atoms with Crippen LogP contribution < -0.4 is 10.2 Å². The van der Waals surface area contributed by atoms with E-state index in [0.29, 0.717) is 45.4 Å². The number of fused-ring (bicyclic) bond motifs is 2. The number of terminal acetylenes is 1. The molecule has 0 aliphatic carbocycles. The van der Waals surface area contributed by atoms with Crippen LogP contribution in [-0.4, -0.2) is 77.4 Å². The highest BCUT2D eigenvalue weighted by atomic mass is 32.2. The molecule has 2 aromatic carbocycles. The molecule has 0 aromatic heterocycles. The molecule has 0 atom stereocenters. The molecule has 12 heteroatoms. The molecule has 4 rings (SSSR count). The van der Waals surface area contributed by atoms with E-state index in [1.165, 1.54) is 23.0 Å². The van der Waals surface area contributed by atoms with Gasteiger partial charge >= 0.3 is 8.80 Å². The topological polar surface area (TPSA) is 117 Å². The number of allylic oxidation sites excluding steroid dienone is 4.